The van der Waals surface area contributed by atoms with Gasteiger partial charge in [-0.2, -0.15) is 0 Å². The highest BCUT2D eigenvalue weighted by Gasteiger charge is 2.07. The molecule has 0 fully saturated rings. The third-order valence-corrected chi connectivity index (χ3v) is 3.22. The Morgan fingerprint density at radius 2 is 2.32 bits per heavy atom. The van der Waals surface area contributed by atoms with Gasteiger partial charge >= 0.3 is 0 Å². The Morgan fingerprint density at radius 1 is 1.53 bits per heavy atom. The van der Waals surface area contributed by atoms with E-state index < -0.39 is 0 Å². The number of halogens is 2. The molecule has 0 aliphatic carbocycles. The lowest BCUT2D eigenvalue weighted by Crippen LogP contribution is -2.29. The Kier molecular flexibility index (Phi) is 4.52. The number of nitrogens with one attached hydrogen (secondary N) is 1. The van der Waals surface area contributed by atoms with Gasteiger partial charge in [0.1, 0.15) is 5.69 Å². The topological polar surface area (TPSA) is 85.8 Å². The molecule has 2 aromatic rings. The lowest BCUT2D eigenvalue weighted by atomic mass is 10.3. The van der Waals surface area contributed by atoms with Gasteiger partial charge in [0.15, 0.2) is 0 Å². The second kappa shape index (κ2) is 6.14. The molecule has 1 heterocycles. The van der Waals surface area contributed by atoms with Crippen LogP contribution in [0.3, 0.4) is 0 Å². The molecule has 19 heavy (non-hydrogen) atoms. The molecule has 2 rings (SSSR count). The van der Waals surface area contributed by atoms with E-state index in [2.05, 4.69) is 31.6 Å². The fourth-order valence-electron chi connectivity index (χ4n) is 1.43. The smallest absolute Gasteiger partial charge is 0.234 e. The average Bonchev–Trinajstić information content (AvgIpc) is 2.84. The summed E-state index contributed by atoms with van der Waals surface area (Å²) in [7, 11) is 0. The van der Waals surface area contributed by atoms with Gasteiger partial charge < -0.3 is 11.1 Å². The number of hydrogen-bond acceptors (Lipinski definition) is 4. The number of aromatic nitrogens is 3. The molecule has 0 unspecified atom stereocenters. The molecule has 6 nitrogen and oxygen atoms in total. The van der Waals surface area contributed by atoms with E-state index in [-0.39, 0.29) is 12.5 Å². The van der Waals surface area contributed by atoms with Crippen molar-refractivity contribution in [2.24, 2.45) is 5.73 Å². The van der Waals surface area contributed by atoms with Gasteiger partial charge in [-0.15, -0.1) is 5.10 Å². The average molecular weight is 345 g/mol. The van der Waals surface area contributed by atoms with Crippen molar-refractivity contribution in [3.05, 3.63) is 39.6 Å². The first-order valence-corrected chi connectivity index (χ1v) is 6.60. The van der Waals surface area contributed by atoms with Crippen molar-refractivity contribution >= 4 is 33.4 Å². The zero-order valence-corrected chi connectivity index (χ0v) is 12.1. The number of carbonyl (C=O) groups is 1. The quantitative estimate of drug-likeness (QED) is 0.874. The van der Waals surface area contributed by atoms with Crippen molar-refractivity contribution in [1.82, 2.24) is 20.3 Å². The maximum Gasteiger partial charge on any atom is 0.234 e. The summed E-state index contributed by atoms with van der Waals surface area (Å²) in [6.07, 6.45) is 1.73. The largest absolute Gasteiger partial charge is 0.349 e. The summed E-state index contributed by atoms with van der Waals surface area (Å²) in [5, 5.41) is 11.2. The van der Waals surface area contributed by atoms with Crippen LogP contribution in [0.2, 0.25) is 5.02 Å². The fourth-order valence-corrected chi connectivity index (χ4v) is 2.29. The summed E-state index contributed by atoms with van der Waals surface area (Å²) >= 11 is 9.28. The van der Waals surface area contributed by atoms with Crippen LogP contribution in [0, 0.1) is 0 Å². The summed E-state index contributed by atoms with van der Waals surface area (Å²) in [6.45, 7) is 0.248. The van der Waals surface area contributed by atoms with E-state index >= 15 is 0 Å². The predicted octanol–water partition coefficient (Wildman–Crippen LogP) is 1.26. The summed E-state index contributed by atoms with van der Waals surface area (Å²) in [5.74, 6) is -0.234. The van der Waals surface area contributed by atoms with E-state index in [9.17, 15) is 4.79 Å². The van der Waals surface area contributed by atoms with Crippen molar-refractivity contribution < 1.29 is 4.79 Å². The SMILES string of the molecule is NCC(=O)NCc1cn(-c2ccc(Cl)cc2Br)nn1. The van der Waals surface area contributed by atoms with Gasteiger partial charge in [0, 0.05) is 9.50 Å². The molecule has 8 heteroatoms. The standard InChI is InChI=1S/C11H11BrClN5O/c12-9-3-7(13)1-2-10(9)18-6-8(16-17-18)5-15-11(19)4-14/h1-3,6H,4-5,14H2,(H,15,19). The van der Waals surface area contributed by atoms with E-state index in [1.54, 1.807) is 23.0 Å². The monoisotopic (exact) mass is 343 g/mol. The summed E-state index contributed by atoms with van der Waals surface area (Å²) in [5.41, 5.74) is 6.65. The number of amides is 1. The molecule has 0 bridgehead atoms. The van der Waals surface area contributed by atoms with Crippen LogP contribution in [0.25, 0.3) is 5.69 Å². The van der Waals surface area contributed by atoms with Gasteiger partial charge in [-0.05, 0) is 34.1 Å². The molecule has 100 valence electrons. The van der Waals surface area contributed by atoms with Gasteiger partial charge in [-0.3, -0.25) is 4.79 Å². The van der Waals surface area contributed by atoms with Gasteiger partial charge in [0.25, 0.3) is 0 Å². The molecule has 1 amide bonds. The maximum absolute atomic E-state index is 11.0. The van der Waals surface area contributed by atoms with E-state index in [1.807, 2.05) is 6.07 Å². The Hall–Kier alpha value is -1.44. The number of hydrogen-bond donors (Lipinski definition) is 2. The van der Waals surface area contributed by atoms with Crippen LogP contribution in [0.15, 0.2) is 28.9 Å². The summed E-state index contributed by atoms with van der Waals surface area (Å²) in [4.78, 5) is 11.0. The zero-order chi connectivity index (χ0) is 13.8. The second-order valence-corrected chi connectivity index (χ2v) is 5.02. The Labute approximate surface area is 123 Å². The van der Waals surface area contributed by atoms with Crippen molar-refractivity contribution in [3.63, 3.8) is 0 Å². The van der Waals surface area contributed by atoms with E-state index in [4.69, 9.17) is 17.3 Å². The second-order valence-electron chi connectivity index (χ2n) is 3.73. The Morgan fingerprint density at radius 3 is 3.00 bits per heavy atom. The van der Waals surface area contributed by atoms with Crippen molar-refractivity contribution in [2.75, 3.05) is 6.54 Å². The molecule has 1 aromatic heterocycles. The minimum absolute atomic E-state index is 0.0448. The van der Waals surface area contributed by atoms with Crippen molar-refractivity contribution in [1.29, 1.82) is 0 Å². The number of nitrogens with zero attached hydrogens (tertiary/aromatic N) is 3. The predicted molar refractivity (Wildman–Crippen MR) is 75.0 cm³/mol. The molecule has 0 aliphatic rings. The lowest BCUT2D eigenvalue weighted by Gasteiger charge is -2.03. The van der Waals surface area contributed by atoms with Crippen molar-refractivity contribution in [2.45, 2.75) is 6.54 Å². The summed E-state index contributed by atoms with van der Waals surface area (Å²) in [6, 6.07) is 5.36. The molecule has 0 saturated heterocycles. The van der Waals surface area contributed by atoms with E-state index in [0.717, 1.165) is 10.2 Å². The van der Waals surface area contributed by atoms with Crippen LogP contribution < -0.4 is 11.1 Å². The minimum Gasteiger partial charge on any atom is -0.349 e. The molecule has 0 spiro atoms. The van der Waals surface area contributed by atoms with Gasteiger partial charge in [0.05, 0.1) is 25.0 Å². The highest BCUT2D eigenvalue weighted by atomic mass is 79.9. The normalized spacial score (nSPS) is 10.5. The Bertz CT molecular complexity index is 601. The molecule has 0 atom stereocenters. The molecular formula is C11H11BrClN5O. The third kappa shape index (κ3) is 3.52. The molecule has 3 N–H and O–H groups in total. The zero-order valence-electron chi connectivity index (χ0n) is 9.81. The Balaban J connectivity index is 2.14. The third-order valence-electron chi connectivity index (χ3n) is 2.35. The van der Waals surface area contributed by atoms with Gasteiger partial charge in [-0.1, -0.05) is 16.8 Å². The maximum atomic E-state index is 11.0. The molecular weight excluding hydrogens is 334 g/mol. The number of nitrogens with two attached hydrogens (primary N) is 1. The van der Waals surface area contributed by atoms with Crippen molar-refractivity contribution in [3.8, 4) is 5.69 Å². The van der Waals surface area contributed by atoms with Crippen LogP contribution >= 0.6 is 27.5 Å². The number of rotatable bonds is 4. The van der Waals surface area contributed by atoms with Gasteiger partial charge in [0.2, 0.25) is 5.91 Å². The highest BCUT2D eigenvalue weighted by molar-refractivity contribution is 9.10. The van der Waals surface area contributed by atoms with Gasteiger partial charge in [-0.25, -0.2) is 4.68 Å². The molecule has 0 saturated carbocycles. The first kappa shape index (κ1) is 14.0. The molecule has 0 radical (unpaired) electrons. The minimum atomic E-state index is -0.234. The highest BCUT2D eigenvalue weighted by Crippen LogP contribution is 2.24. The van der Waals surface area contributed by atoms with Crippen LogP contribution in [-0.4, -0.2) is 27.4 Å². The molecule has 0 aliphatic heterocycles. The first-order valence-electron chi connectivity index (χ1n) is 5.43. The number of benzene rings is 1. The summed E-state index contributed by atoms with van der Waals surface area (Å²) < 4.78 is 2.41. The first-order chi connectivity index (χ1) is 9.10. The van der Waals surface area contributed by atoms with E-state index in [0.29, 0.717) is 17.3 Å². The van der Waals surface area contributed by atoms with Crippen LogP contribution in [-0.2, 0) is 11.3 Å². The molecule has 1 aromatic carbocycles. The fraction of sp³-hybridized carbons (Fsp3) is 0.182. The van der Waals surface area contributed by atoms with Crippen LogP contribution in [0.4, 0.5) is 0 Å². The van der Waals surface area contributed by atoms with Crippen LogP contribution in [0.5, 0.6) is 0 Å². The lowest BCUT2D eigenvalue weighted by molar-refractivity contribution is -0.119. The number of carbonyl (C=O) groups excluding carboxylic acids is 1. The van der Waals surface area contributed by atoms with Crippen LogP contribution in [0.1, 0.15) is 5.69 Å². The van der Waals surface area contributed by atoms with E-state index in [1.165, 1.54) is 0 Å².